The van der Waals surface area contributed by atoms with Gasteiger partial charge in [-0.05, 0) is 31.5 Å². The molecule has 5 heteroatoms. The zero-order valence-corrected chi connectivity index (χ0v) is 12.9. The Hall–Kier alpha value is -2.04. The fourth-order valence-corrected chi connectivity index (χ4v) is 2.47. The van der Waals surface area contributed by atoms with Crippen LogP contribution in [0.2, 0.25) is 0 Å². The molecule has 1 aromatic rings. The summed E-state index contributed by atoms with van der Waals surface area (Å²) < 4.78 is 5.58. The molecule has 21 heavy (non-hydrogen) atoms. The van der Waals surface area contributed by atoms with Crippen LogP contribution in [0.5, 0.6) is 5.75 Å². The van der Waals surface area contributed by atoms with Gasteiger partial charge in [-0.25, -0.2) is 0 Å². The van der Waals surface area contributed by atoms with E-state index < -0.39 is 0 Å². The molecule has 2 amide bonds. The molecule has 0 atom stereocenters. The summed E-state index contributed by atoms with van der Waals surface area (Å²) in [5.74, 6) is 0.826. The Morgan fingerprint density at radius 2 is 2.05 bits per heavy atom. The van der Waals surface area contributed by atoms with Crippen LogP contribution >= 0.6 is 0 Å². The number of benzene rings is 1. The monoisotopic (exact) mass is 290 g/mol. The normalized spacial score (nSPS) is 14.2. The maximum atomic E-state index is 12.2. The van der Waals surface area contributed by atoms with Gasteiger partial charge in [-0.1, -0.05) is 6.07 Å². The highest BCUT2D eigenvalue weighted by Crippen LogP contribution is 2.31. The number of hydrogen-bond acceptors (Lipinski definition) is 3. The highest BCUT2D eigenvalue weighted by Gasteiger charge is 2.21. The van der Waals surface area contributed by atoms with Crippen molar-refractivity contribution in [2.24, 2.45) is 0 Å². The van der Waals surface area contributed by atoms with Crippen LogP contribution in [0.3, 0.4) is 0 Å². The second-order valence-corrected chi connectivity index (χ2v) is 5.10. The van der Waals surface area contributed by atoms with Crippen LogP contribution < -0.4 is 9.64 Å². The number of likely N-dealkylation sites (N-methyl/N-ethyl adjacent to an activating group) is 1. The lowest BCUT2D eigenvalue weighted by atomic mass is 10.1. The van der Waals surface area contributed by atoms with E-state index in [0.29, 0.717) is 38.3 Å². The van der Waals surface area contributed by atoms with E-state index in [4.69, 9.17) is 4.74 Å². The molecule has 1 heterocycles. The minimum Gasteiger partial charge on any atom is -0.491 e. The highest BCUT2D eigenvalue weighted by molar-refractivity contribution is 5.95. The molecule has 0 fully saturated rings. The first-order valence-corrected chi connectivity index (χ1v) is 7.36. The van der Waals surface area contributed by atoms with Crippen molar-refractivity contribution in [1.82, 2.24) is 4.90 Å². The number of fused-ring (bicyclic) bond motifs is 1. The minimum atomic E-state index is 0.0287. The lowest BCUT2D eigenvalue weighted by Gasteiger charge is -2.20. The van der Waals surface area contributed by atoms with Crippen molar-refractivity contribution in [2.45, 2.75) is 26.7 Å². The Labute approximate surface area is 125 Å². The van der Waals surface area contributed by atoms with Gasteiger partial charge >= 0.3 is 0 Å². The van der Waals surface area contributed by atoms with E-state index >= 15 is 0 Å². The summed E-state index contributed by atoms with van der Waals surface area (Å²) in [5.41, 5.74) is 1.64. The average molecular weight is 290 g/mol. The maximum Gasteiger partial charge on any atom is 0.230 e. The molecule has 114 valence electrons. The number of rotatable bonds is 4. The number of hydrogen-bond donors (Lipinski definition) is 0. The molecule has 0 saturated carbocycles. The number of carbonyl (C=O) groups is 2. The van der Waals surface area contributed by atoms with Gasteiger partial charge in [0, 0.05) is 20.1 Å². The van der Waals surface area contributed by atoms with Crippen molar-refractivity contribution in [1.29, 1.82) is 0 Å². The lowest BCUT2D eigenvalue weighted by molar-refractivity contribution is -0.130. The van der Waals surface area contributed by atoms with Crippen LogP contribution in [0.4, 0.5) is 5.69 Å². The van der Waals surface area contributed by atoms with Crippen molar-refractivity contribution in [3.8, 4) is 5.75 Å². The van der Waals surface area contributed by atoms with Gasteiger partial charge in [0.1, 0.15) is 5.75 Å². The molecule has 0 aromatic heterocycles. The van der Waals surface area contributed by atoms with Crippen LogP contribution in [-0.4, -0.2) is 43.5 Å². The van der Waals surface area contributed by atoms with Gasteiger partial charge < -0.3 is 14.5 Å². The molecule has 0 aliphatic carbocycles. The summed E-state index contributed by atoms with van der Waals surface area (Å²) >= 11 is 0. The third-order valence-corrected chi connectivity index (χ3v) is 3.80. The first kappa shape index (κ1) is 15.4. The molecule has 1 aliphatic rings. The van der Waals surface area contributed by atoms with Crippen LogP contribution in [-0.2, 0) is 16.0 Å². The van der Waals surface area contributed by atoms with Crippen LogP contribution in [0, 0.1) is 0 Å². The molecule has 0 saturated heterocycles. The van der Waals surface area contributed by atoms with Crippen molar-refractivity contribution in [3.63, 3.8) is 0 Å². The summed E-state index contributed by atoms with van der Waals surface area (Å²) in [6, 6.07) is 5.61. The van der Waals surface area contributed by atoms with Gasteiger partial charge in [-0.15, -0.1) is 0 Å². The fraction of sp³-hybridized carbons (Fsp3) is 0.500. The Morgan fingerprint density at radius 3 is 2.71 bits per heavy atom. The molecule has 1 aromatic carbocycles. The highest BCUT2D eigenvalue weighted by atomic mass is 16.5. The van der Waals surface area contributed by atoms with Crippen LogP contribution in [0.1, 0.15) is 25.8 Å². The SMILES string of the molecule is CCN(CC)C(=O)Cc1ccc2c(c1)N(C)C(=O)CCO2. The molecular weight excluding hydrogens is 268 g/mol. The van der Waals surface area contributed by atoms with Gasteiger partial charge in [0.05, 0.1) is 25.1 Å². The smallest absolute Gasteiger partial charge is 0.230 e. The first-order valence-electron chi connectivity index (χ1n) is 7.36. The largest absolute Gasteiger partial charge is 0.491 e. The number of ether oxygens (including phenoxy) is 1. The molecular formula is C16H22N2O3. The fourth-order valence-electron chi connectivity index (χ4n) is 2.47. The van der Waals surface area contributed by atoms with E-state index in [0.717, 1.165) is 11.3 Å². The van der Waals surface area contributed by atoms with E-state index in [1.54, 1.807) is 16.8 Å². The molecule has 0 bridgehead atoms. The van der Waals surface area contributed by atoms with Gasteiger partial charge in [0.15, 0.2) is 0 Å². The number of anilines is 1. The quantitative estimate of drug-likeness (QED) is 0.850. The maximum absolute atomic E-state index is 12.2. The molecule has 0 radical (unpaired) electrons. The van der Waals surface area contributed by atoms with Gasteiger partial charge in [0.25, 0.3) is 0 Å². The van der Waals surface area contributed by atoms with Crippen molar-refractivity contribution in [2.75, 3.05) is 31.6 Å². The first-order chi connectivity index (χ1) is 10.1. The Balaban J connectivity index is 2.22. The van der Waals surface area contributed by atoms with E-state index in [1.807, 2.05) is 32.0 Å². The Bertz CT molecular complexity index is 538. The predicted molar refractivity (Wildman–Crippen MR) is 81.6 cm³/mol. The van der Waals surface area contributed by atoms with E-state index in [2.05, 4.69) is 0 Å². The van der Waals surface area contributed by atoms with Crippen molar-refractivity contribution >= 4 is 17.5 Å². The summed E-state index contributed by atoms with van der Waals surface area (Å²) in [4.78, 5) is 27.5. The molecule has 0 spiro atoms. The standard InChI is InChI=1S/C16H22N2O3/c1-4-18(5-2)16(20)11-12-6-7-14-13(10-12)17(3)15(19)8-9-21-14/h6-7,10H,4-5,8-9,11H2,1-3H3. The Morgan fingerprint density at radius 1 is 1.33 bits per heavy atom. The average Bonchev–Trinajstić information content (AvgIpc) is 2.61. The number of carbonyl (C=O) groups excluding carboxylic acids is 2. The van der Waals surface area contributed by atoms with Gasteiger partial charge in [-0.3, -0.25) is 9.59 Å². The van der Waals surface area contributed by atoms with Gasteiger partial charge in [-0.2, -0.15) is 0 Å². The van der Waals surface area contributed by atoms with Crippen LogP contribution in [0.25, 0.3) is 0 Å². The number of nitrogens with zero attached hydrogens (tertiary/aromatic N) is 2. The van der Waals surface area contributed by atoms with E-state index in [-0.39, 0.29) is 11.8 Å². The molecule has 2 rings (SSSR count). The third-order valence-electron chi connectivity index (χ3n) is 3.80. The van der Waals surface area contributed by atoms with Crippen molar-refractivity contribution < 1.29 is 14.3 Å². The summed E-state index contributed by atoms with van der Waals surface area (Å²) in [6.45, 7) is 5.76. The zero-order valence-electron chi connectivity index (χ0n) is 12.9. The second-order valence-electron chi connectivity index (χ2n) is 5.10. The zero-order chi connectivity index (χ0) is 15.4. The van der Waals surface area contributed by atoms with E-state index in [1.165, 1.54) is 0 Å². The molecule has 0 N–H and O–H groups in total. The topological polar surface area (TPSA) is 49.9 Å². The molecule has 5 nitrogen and oxygen atoms in total. The summed E-state index contributed by atoms with van der Waals surface area (Å²) in [7, 11) is 1.74. The minimum absolute atomic E-state index is 0.0287. The van der Waals surface area contributed by atoms with Gasteiger partial charge in [0.2, 0.25) is 11.8 Å². The van der Waals surface area contributed by atoms with Crippen molar-refractivity contribution in [3.05, 3.63) is 23.8 Å². The molecule has 1 aliphatic heterocycles. The van der Waals surface area contributed by atoms with E-state index in [9.17, 15) is 9.59 Å². The lowest BCUT2D eigenvalue weighted by Crippen LogP contribution is -2.31. The predicted octanol–water partition coefficient (Wildman–Crippen LogP) is 1.84. The summed E-state index contributed by atoms with van der Waals surface area (Å²) in [6.07, 6.45) is 0.718. The Kier molecular flexibility index (Phi) is 4.83. The number of amides is 2. The second kappa shape index (κ2) is 6.61. The summed E-state index contributed by atoms with van der Waals surface area (Å²) in [5, 5.41) is 0. The van der Waals surface area contributed by atoms with Crippen LogP contribution in [0.15, 0.2) is 18.2 Å². The molecule has 0 unspecified atom stereocenters. The third kappa shape index (κ3) is 3.35.